The Morgan fingerprint density at radius 3 is 2.65 bits per heavy atom. The fourth-order valence-corrected chi connectivity index (χ4v) is 5.16. The molecule has 1 aliphatic carbocycles. The fourth-order valence-electron chi connectivity index (χ4n) is 3.90. The molecule has 0 amide bonds. The first-order valence-corrected chi connectivity index (χ1v) is 11.6. The Bertz CT molecular complexity index is 1200. The maximum Gasteiger partial charge on any atom is 0.270 e. The summed E-state index contributed by atoms with van der Waals surface area (Å²) in [6, 6.07) is 11.6. The number of non-ortho nitro benzene ring substituents is 1. The SMILES string of the molecule is Cc1ccc([N+](=O)[O-])cc1S(=O)(=O)NCc1cc(-c2ccccn2)n(C2CCCC2)n1. The van der Waals surface area contributed by atoms with Crippen molar-refractivity contribution in [3.05, 3.63) is 70.0 Å². The van der Waals surface area contributed by atoms with E-state index in [-0.39, 0.29) is 23.2 Å². The third-order valence-electron chi connectivity index (χ3n) is 5.50. The van der Waals surface area contributed by atoms with Crippen molar-refractivity contribution < 1.29 is 13.3 Å². The smallest absolute Gasteiger partial charge is 0.260 e. The normalized spacial score (nSPS) is 14.7. The number of nitro benzene ring substituents is 1. The Labute approximate surface area is 180 Å². The molecule has 2 heterocycles. The molecule has 31 heavy (non-hydrogen) atoms. The van der Waals surface area contributed by atoms with Gasteiger partial charge < -0.3 is 0 Å². The summed E-state index contributed by atoms with van der Waals surface area (Å²) in [5.41, 5.74) is 2.37. The molecule has 1 fully saturated rings. The number of hydrogen-bond acceptors (Lipinski definition) is 6. The van der Waals surface area contributed by atoms with E-state index in [2.05, 4.69) is 14.8 Å². The summed E-state index contributed by atoms with van der Waals surface area (Å²) in [5.74, 6) is 0. The van der Waals surface area contributed by atoms with E-state index in [0.717, 1.165) is 43.1 Å². The highest BCUT2D eigenvalue weighted by Gasteiger charge is 2.24. The second kappa shape index (κ2) is 8.56. The van der Waals surface area contributed by atoms with E-state index < -0.39 is 14.9 Å². The van der Waals surface area contributed by atoms with Crippen molar-refractivity contribution in [2.75, 3.05) is 0 Å². The number of benzene rings is 1. The highest BCUT2D eigenvalue weighted by molar-refractivity contribution is 7.89. The second-order valence-electron chi connectivity index (χ2n) is 7.65. The summed E-state index contributed by atoms with van der Waals surface area (Å²) >= 11 is 0. The highest BCUT2D eigenvalue weighted by atomic mass is 32.2. The Hall–Kier alpha value is -3.11. The van der Waals surface area contributed by atoms with Gasteiger partial charge in [-0.25, -0.2) is 13.1 Å². The van der Waals surface area contributed by atoms with Gasteiger partial charge in [-0.05, 0) is 43.5 Å². The van der Waals surface area contributed by atoms with Crippen molar-refractivity contribution >= 4 is 15.7 Å². The van der Waals surface area contributed by atoms with Gasteiger partial charge in [0.05, 0.1) is 39.5 Å². The molecule has 10 heteroatoms. The van der Waals surface area contributed by atoms with Gasteiger partial charge >= 0.3 is 0 Å². The molecule has 1 saturated carbocycles. The molecule has 1 N–H and O–H groups in total. The number of nitrogens with one attached hydrogen (secondary N) is 1. The van der Waals surface area contributed by atoms with E-state index in [0.29, 0.717) is 11.3 Å². The Morgan fingerprint density at radius 2 is 1.97 bits per heavy atom. The molecule has 0 unspecified atom stereocenters. The van der Waals surface area contributed by atoms with Crippen LogP contribution in [0.4, 0.5) is 5.69 Å². The van der Waals surface area contributed by atoms with Crippen molar-refractivity contribution in [3.63, 3.8) is 0 Å². The lowest BCUT2D eigenvalue weighted by Crippen LogP contribution is -2.24. The summed E-state index contributed by atoms with van der Waals surface area (Å²) in [6.45, 7) is 1.58. The van der Waals surface area contributed by atoms with Crippen molar-refractivity contribution in [2.24, 2.45) is 0 Å². The Kier molecular flexibility index (Phi) is 5.84. The van der Waals surface area contributed by atoms with E-state index in [4.69, 9.17) is 0 Å². The van der Waals surface area contributed by atoms with Crippen LogP contribution in [-0.4, -0.2) is 28.1 Å². The summed E-state index contributed by atoms with van der Waals surface area (Å²) in [5, 5.41) is 15.7. The predicted molar refractivity (Wildman–Crippen MR) is 115 cm³/mol. The van der Waals surface area contributed by atoms with Gasteiger partial charge in [0, 0.05) is 18.3 Å². The van der Waals surface area contributed by atoms with E-state index in [1.165, 1.54) is 12.1 Å². The van der Waals surface area contributed by atoms with Gasteiger partial charge in [-0.3, -0.25) is 19.8 Å². The molecule has 3 aromatic rings. The van der Waals surface area contributed by atoms with Crippen LogP contribution in [0.2, 0.25) is 0 Å². The molecule has 9 nitrogen and oxygen atoms in total. The van der Waals surface area contributed by atoms with Crippen molar-refractivity contribution in [1.82, 2.24) is 19.5 Å². The van der Waals surface area contributed by atoms with E-state index in [1.54, 1.807) is 13.1 Å². The molecule has 162 valence electrons. The van der Waals surface area contributed by atoms with Crippen LogP contribution in [0, 0.1) is 17.0 Å². The summed E-state index contributed by atoms with van der Waals surface area (Å²) in [4.78, 5) is 14.7. The average molecular weight is 442 g/mol. The first-order chi connectivity index (χ1) is 14.8. The van der Waals surface area contributed by atoms with Crippen LogP contribution in [0.3, 0.4) is 0 Å². The van der Waals surface area contributed by atoms with E-state index >= 15 is 0 Å². The lowest BCUT2D eigenvalue weighted by Gasteiger charge is -2.13. The molecular formula is C21H23N5O4S. The number of aromatic nitrogens is 3. The fraction of sp³-hybridized carbons (Fsp3) is 0.333. The third kappa shape index (κ3) is 4.49. The molecule has 0 spiro atoms. The summed E-state index contributed by atoms with van der Waals surface area (Å²) < 4.78 is 30.2. The molecule has 0 saturated heterocycles. The van der Waals surface area contributed by atoms with Crippen molar-refractivity contribution in [3.8, 4) is 11.4 Å². The Balaban J connectivity index is 1.61. The third-order valence-corrected chi connectivity index (χ3v) is 7.04. The van der Waals surface area contributed by atoms with Gasteiger partial charge in [0.2, 0.25) is 10.0 Å². The summed E-state index contributed by atoms with van der Waals surface area (Å²) in [6.07, 6.45) is 6.05. The standard InChI is InChI=1S/C21H23N5O4S/c1-15-9-10-18(26(27)28)13-21(15)31(29,30)23-14-16-12-20(19-8-4-5-11-22-19)25(24-16)17-6-2-3-7-17/h4-5,8-13,17,23H,2-3,6-7,14H2,1H3. The molecule has 0 bridgehead atoms. The van der Waals surface area contributed by atoms with Crippen LogP contribution in [-0.2, 0) is 16.6 Å². The molecule has 2 aromatic heterocycles. The van der Waals surface area contributed by atoms with E-state index in [1.807, 2.05) is 28.9 Å². The highest BCUT2D eigenvalue weighted by Crippen LogP contribution is 2.33. The molecule has 0 aliphatic heterocycles. The molecule has 1 aromatic carbocycles. The van der Waals surface area contributed by atoms with Crippen LogP contribution in [0.25, 0.3) is 11.4 Å². The quantitative estimate of drug-likeness (QED) is 0.440. The maximum atomic E-state index is 12.8. The summed E-state index contributed by atoms with van der Waals surface area (Å²) in [7, 11) is -3.95. The zero-order valence-electron chi connectivity index (χ0n) is 17.1. The van der Waals surface area contributed by atoms with Crippen LogP contribution < -0.4 is 4.72 Å². The minimum absolute atomic E-state index is 0.0238. The van der Waals surface area contributed by atoms with Gasteiger partial charge in [-0.15, -0.1) is 0 Å². The van der Waals surface area contributed by atoms with Crippen LogP contribution >= 0.6 is 0 Å². The van der Waals surface area contributed by atoms with Gasteiger partial charge in [0.25, 0.3) is 5.69 Å². The number of hydrogen-bond donors (Lipinski definition) is 1. The number of rotatable bonds is 7. The van der Waals surface area contributed by atoms with E-state index in [9.17, 15) is 18.5 Å². The molecule has 0 radical (unpaired) electrons. The zero-order chi connectivity index (χ0) is 22.0. The van der Waals surface area contributed by atoms with Crippen LogP contribution in [0.1, 0.15) is 43.0 Å². The van der Waals surface area contributed by atoms with Gasteiger partial charge in [-0.2, -0.15) is 5.10 Å². The number of aryl methyl sites for hydroxylation is 1. The first-order valence-electron chi connectivity index (χ1n) is 10.1. The number of nitrogens with zero attached hydrogens (tertiary/aromatic N) is 4. The minimum atomic E-state index is -3.95. The topological polar surface area (TPSA) is 120 Å². The van der Waals surface area contributed by atoms with Crippen LogP contribution in [0.5, 0.6) is 0 Å². The second-order valence-corrected chi connectivity index (χ2v) is 9.39. The molecular weight excluding hydrogens is 418 g/mol. The largest absolute Gasteiger partial charge is 0.270 e. The number of sulfonamides is 1. The van der Waals surface area contributed by atoms with Crippen molar-refractivity contribution in [2.45, 2.75) is 50.1 Å². The monoisotopic (exact) mass is 441 g/mol. The molecule has 4 rings (SSSR count). The lowest BCUT2D eigenvalue weighted by atomic mass is 10.2. The van der Waals surface area contributed by atoms with Crippen molar-refractivity contribution in [1.29, 1.82) is 0 Å². The molecule has 0 atom stereocenters. The first kappa shape index (κ1) is 21.1. The van der Waals surface area contributed by atoms with Gasteiger partial charge in [0.1, 0.15) is 0 Å². The van der Waals surface area contributed by atoms with Gasteiger partial charge in [-0.1, -0.05) is 25.0 Å². The maximum absolute atomic E-state index is 12.8. The lowest BCUT2D eigenvalue weighted by molar-refractivity contribution is -0.385. The number of nitro groups is 1. The average Bonchev–Trinajstić information content (AvgIpc) is 3.43. The Morgan fingerprint density at radius 1 is 1.19 bits per heavy atom. The number of pyridine rings is 1. The predicted octanol–water partition coefficient (Wildman–Crippen LogP) is 3.76. The van der Waals surface area contributed by atoms with Gasteiger partial charge in [0.15, 0.2) is 0 Å². The zero-order valence-corrected chi connectivity index (χ0v) is 17.9. The minimum Gasteiger partial charge on any atom is -0.260 e. The van der Waals surface area contributed by atoms with Crippen LogP contribution in [0.15, 0.2) is 53.6 Å². The molecule has 1 aliphatic rings.